The van der Waals surface area contributed by atoms with Gasteiger partial charge in [0.1, 0.15) is 5.82 Å². The summed E-state index contributed by atoms with van der Waals surface area (Å²) in [5, 5.41) is 3.33. The minimum atomic E-state index is -0.0971. The maximum absolute atomic E-state index is 13.9. The molecule has 1 fully saturated rings. The molecule has 17 heavy (non-hydrogen) atoms. The molecule has 0 saturated carbocycles. The Bertz CT molecular complexity index is 392. The van der Waals surface area contributed by atoms with E-state index in [2.05, 4.69) is 17.1 Å². The molecule has 94 valence electrons. The molecule has 2 atom stereocenters. The maximum Gasteiger partial charge on any atom is 0.146 e. The number of piperidine rings is 1. The Morgan fingerprint density at radius 3 is 2.76 bits per heavy atom. The lowest BCUT2D eigenvalue weighted by Crippen LogP contribution is -2.47. The van der Waals surface area contributed by atoms with Gasteiger partial charge in [0.25, 0.3) is 0 Å². The van der Waals surface area contributed by atoms with E-state index >= 15 is 0 Å². The van der Waals surface area contributed by atoms with Gasteiger partial charge < -0.3 is 10.2 Å². The van der Waals surface area contributed by atoms with Crippen molar-refractivity contribution in [3.63, 3.8) is 0 Å². The highest BCUT2D eigenvalue weighted by molar-refractivity contribution is 5.49. The number of rotatable bonds is 2. The molecule has 1 aromatic carbocycles. The summed E-state index contributed by atoms with van der Waals surface area (Å²) in [5.41, 5.74) is 1.72. The predicted octanol–water partition coefficient (Wildman–Crippen LogP) is 2.57. The van der Waals surface area contributed by atoms with E-state index in [1.165, 1.54) is 0 Å². The Labute approximate surface area is 103 Å². The number of nitrogens with zero attached hydrogens (tertiary/aromatic N) is 1. The standard InChI is InChI=1S/C14H21FN2/c1-10-4-5-14(12(15)8-10)17-7-6-13(16-3)11(2)9-17/h4-5,8,11,13,16H,6-7,9H2,1-3H3. The zero-order valence-electron chi connectivity index (χ0n) is 10.8. The summed E-state index contributed by atoms with van der Waals surface area (Å²) in [4.78, 5) is 2.16. The van der Waals surface area contributed by atoms with Gasteiger partial charge in [-0.15, -0.1) is 0 Å². The number of hydrogen-bond acceptors (Lipinski definition) is 2. The SMILES string of the molecule is CNC1CCN(c2ccc(C)cc2F)CC1C. The average Bonchev–Trinajstić information content (AvgIpc) is 2.29. The molecule has 1 N–H and O–H groups in total. The second-order valence-electron chi connectivity index (χ2n) is 5.06. The fraction of sp³-hybridized carbons (Fsp3) is 0.571. The van der Waals surface area contributed by atoms with Gasteiger partial charge in [-0.3, -0.25) is 0 Å². The summed E-state index contributed by atoms with van der Waals surface area (Å²) >= 11 is 0. The summed E-state index contributed by atoms with van der Waals surface area (Å²) < 4.78 is 13.9. The van der Waals surface area contributed by atoms with Gasteiger partial charge in [0.05, 0.1) is 5.69 Å². The van der Waals surface area contributed by atoms with Gasteiger partial charge in [-0.25, -0.2) is 4.39 Å². The van der Waals surface area contributed by atoms with Crippen molar-refractivity contribution in [2.75, 3.05) is 25.0 Å². The van der Waals surface area contributed by atoms with Crippen molar-refractivity contribution in [3.05, 3.63) is 29.6 Å². The van der Waals surface area contributed by atoms with E-state index in [0.29, 0.717) is 12.0 Å². The zero-order valence-corrected chi connectivity index (χ0v) is 10.8. The normalized spacial score (nSPS) is 25.1. The maximum atomic E-state index is 13.9. The van der Waals surface area contributed by atoms with Crippen molar-refractivity contribution in [3.8, 4) is 0 Å². The predicted molar refractivity (Wildman–Crippen MR) is 70.0 cm³/mol. The van der Waals surface area contributed by atoms with E-state index in [0.717, 1.165) is 30.8 Å². The van der Waals surface area contributed by atoms with Crippen molar-refractivity contribution in [1.29, 1.82) is 0 Å². The number of nitrogens with one attached hydrogen (secondary N) is 1. The van der Waals surface area contributed by atoms with Crippen LogP contribution in [0.3, 0.4) is 0 Å². The van der Waals surface area contributed by atoms with E-state index in [1.807, 2.05) is 26.1 Å². The largest absolute Gasteiger partial charge is 0.369 e. The third kappa shape index (κ3) is 2.60. The van der Waals surface area contributed by atoms with Crippen LogP contribution in [0.5, 0.6) is 0 Å². The van der Waals surface area contributed by atoms with Gasteiger partial charge in [0, 0.05) is 19.1 Å². The first-order chi connectivity index (χ1) is 8.11. The summed E-state index contributed by atoms with van der Waals surface area (Å²) in [5.74, 6) is 0.453. The minimum Gasteiger partial charge on any atom is -0.369 e. The Kier molecular flexibility index (Phi) is 3.67. The van der Waals surface area contributed by atoms with Gasteiger partial charge in [-0.1, -0.05) is 13.0 Å². The summed E-state index contributed by atoms with van der Waals surface area (Å²) in [6.07, 6.45) is 1.07. The van der Waals surface area contributed by atoms with Crippen LogP contribution >= 0.6 is 0 Å². The molecule has 2 rings (SSSR count). The highest BCUT2D eigenvalue weighted by Crippen LogP contribution is 2.26. The van der Waals surface area contributed by atoms with Gasteiger partial charge >= 0.3 is 0 Å². The van der Waals surface area contributed by atoms with Gasteiger partial charge in [0.15, 0.2) is 0 Å². The molecule has 0 amide bonds. The van der Waals surface area contributed by atoms with Crippen molar-refractivity contribution in [1.82, 2.24) is 5.32 Å². The molecule has 0 aromatic heterocycles. The molecule has 1 aliphatic rings. The van der Waals surface area contributed by atoms with Crippen LogP contribution in [0.4, 0.5) is 10.1 Å². The number of anilines is 1. The number of aryl methyl sites for hydroxylation is 1. The highest BCUT2D eigenvalue weighted by atomic mass is 19.1. The quantitative estimate of drug-likeness (QED) is 0.849. The van der Waals surface area contributed by atoms with Crippen molar-refractivity contribution >= 4 is 5.69 Å². The Morgan fingerprint density at radius 2 is 2.18 bits per heavy atom. The lowest BCUT2D eigenvalue weighted by atomic mass is 9.93. The summed E-state index contributed by atoms with van der Waals surface area (Å²) in [6.45, 7) is 5.99. The first-order valence-corrected chi connectivity index (χ1v) is 6.30. The van der Waals surface area contributed by atoms with Crippen molar-refractivity contribution in [2.24, 2.45) is 5.92 Å². The minimum absolute atomic E-state index is 0.0971. The fourth-order valence-electron chi connectivity index (χ4n) is 2.66. The summed E-state index contributed by atoms with van der Waals surface area (Å²) in [7, 11) is 2.00. The van der Waals surface area contributed by atoms with E-state index in [1.54, 1.807) is 6.07 Å². The van der Waals surface area contributed by atoms with Gasteiger partial charge in [0.2, 0.25) is 0 Å². The van der Waals surface area contributed by atoms with Crippen LogP contribution in [-0.4, -0.2) is 26.2 Å². The molecule has 1 saturated heterocycles. The first kappa shape index (κ1) is 12.4. The number of benzene rings is 1. The third-order valence-corrected chi connectivity index (χ3v) is 3.72. The van der Waals surface area contributed by atoms with Gasteiger partial charge in [-0.2, -0.15) is 0 Å². The average molecular weight is 236 g/mol. The molecule has 0 radical (unpaired) electrons. The van der Waals surface area contributed by atoms with Crippen LogP contribution in [0.2, 0.25) is 0 Å². The molecule has 3 heteroatoms. The molecule has 0 spiro atoms. The topological polar surface area (TPSA) is 15.3 Å². The van der Waals surface area contributed by atoms with Crippen LogP contribution in [0.25, 0.3) is 0 Å². The highest BCUT2D eigenvalue weighted by Gasteiger charge is 2.26. The van der Waals surface area contributed by atoms with Crippen LogP contribution in [0.15, 0.2) is 18.2 Å². The van der Waals surface area contributed by atoms with Crippen molar-refractivity contribution < 1.29 is 4.39 Å². The molecule has 1 aliphatic heterocycles. The van der Waals surface area contributed by atoms with E-state index in [9.17, 15) is 4.39 Å². The lowest BCUT2D eigenvalue weighted by molar-refractivity contribution is 0.337. The lowest BCUT2D eigenvalue weighted by Gasteiger charge is -2.38. The van der Waals surface area contributed by atoms with Crippen LogP contribution in [-0.2, 0) is 0 Å². The van der Waals surface area contributed by atoms with Crippen LogP contribution in [0.1, 0.15) is 18.9 Å². The molecule has 1 heterocycles. The van der Waals surface area contributed by atoms with Crippen LogP contribution < -0.4 is 10.2 Å². The first-order valence-electron chi connectivity index (χ1n) is 6.30. The third-order valence-electron chi connectivity index (χ3n) is 3.72. The van der Waals surface area contributed by atoms with Crippen LogP contribution in [0, 0.1) is 18.7 Å². The molecule has 1 aromatic rings. The Balaban J connectivity index is 2.14. The van der Waals surface area contributed by atoms with E-state index in [4.69, 9.17) is 0 Å². The molecule has 2 nitrogen and oxygen atoms in total. The molecule has 0 aliphatic carbocycles. The molecular formula is C14H21FN2. The Hall–Kier alpha value is -1.09. The number of hydrogen-bond donors (Lipinski definition) is 1. The molecule has 0 bridgehead atoms. The second-order valence-corrected chi connectivity index (χ2v) is 5.06. The fourth-order valence-corrected chi connectivity index (χ4v) is 2.66. The smallest absolute Gasteiger partial charge is 0.146 e. The van der Waals surface area contributed by atoms with Gasteiger partial charge in [-0.05, 0) is 44.0 Å². The second kappa shape index (κ2) is 5.05. The van der Waals surface area contributed by atoms with E-state index < -0.39 is 0 Å². The monoisotopic (exact) mass is 236 g/mol. The van der Waals surface area contributed by atoms with E-state index in [-0.39, 0.29) is 5.82 Å². The number of halogens is 1. The zero-order chi connectivity index (χ0) is 12.4. The summed E-state index contributed by atoms with van der Waals surface area (Å²) in [6, 6.07) is 6.05. The molecular weight excluding hydrogens is 215 g/mol. The van der Waals surface area contributed by atoms with Crippen molar-refractivity contribution in [2.45, 2.75) is 26.3 Å². The molecule has 2 unspecified atom stereocenters. The Morgan fingerprint density at radius 1 is 1.41 bits per heavy atom.